The second-order valence-corrected chi connectivity index (χ2v) is 20.9. The lowest BCUT2D eigenvalue weighted by Gasteiger charge is -2.25. The van der Waals surface area contributed by atoms with Crippen molar-refractivity contribution >= 4 is 57.0 Å². The zero-order chi connectivity index (χ0) is 49.4. The Hall–Kier alpha value is -4.83. The second kappa shape index (κ2) is 22.1. The number of carbonyl (C=O) groups is 2. The number of allylic oxidation sites excluding steroid dienone is 4. The van der Waals surface area contributed by atoms with E-state index in [1.165, 1.54) is 36.4 Å². The Kier molecular flexibility index (Phi) is 17.5. The maximum absolute atomic E-state index is 14.5. The lowest BCUT2D eigenvalue weighted by atomic mass is 9.81. The van der Waals surface area contributed by atoms with E-state index >= 15 is 0 Å². The summed E-state index contributed by atoms with van der Waals surface area (Å²) in [5, 5.41) is 5.23. The molecular formula is C45H59FN4O14PS2+. The number of nitrogens with zero attached hydrogens (tertiary/aromatic N) is 2. The first kappa shape index (κ1) is 53.1. The number of phosphoric acid groups is 1. The van der Waals surface area contributed by atoms with Crippen molar-refractivity contribution < 1.29 is 72.8 Å². The number of halogens is 1. The van der Waals surface area contributed by atoms with Gasteiger partial charge in [-0.2, -0.15) is 21.4 Å². The van der Waals surface area contributed by atoms with Gasteiger partial charge in [0.05, 0.1) is 41.6 Å². The maximum atomic E-state index is 14.5. The Morgan fingerprint density at radius 2 is 1.42 bits per heavy atom. The first-order valence-corrected chi connectivity index (χ1v) is 26.0. The van der Waals surface area contributed by atoms with Gasteiger partial charge >= 0.3 is 7.82 Å². The number of anilines is 1. The van der Waals surface area contributed by atoms with Gasteiger partial charge in [0.25, 0.3) is 26.1 Å². The Morgan fingerprint density at radius 1 is 0.821 bits per heavy atom. The van der Waals surface area contributed by atoms with Crippen LogP contribution in [0.3, 0.4) is 0 Å². The van der Waals surface area contributed by atoms with Crippen LogP contribution in [-0.4, -0.2) is 110 Å². The summed E-state index contributed by atoms with van der Waals surface area (Å²) in [4.78, 5) is 44.1. The van der Waals surface area contributed by atoms with Crippen LogP contribution in [0.1, 0.15) is 83.2 Å². The number of amides is 2. The third kappa shape index (κ3) is 13.7. The lowest BCUT2D eigenvalue weighted by molar-refractivity contribution is -0.438. The monoisotopic (exact) mass is 993 g/mol. The van der Waals surface area contributed by atoms with Crippen LogP contribution >= 0.6 is 7.82 Å². The molecular weight excluding hydrogens is 935 g/mol. The lowest BCUT2D eigenvalue weighted by Crippen LogP contribution is -2.31. The zero-order valence-corrected chi connectivity index (χ0v) is 40.5. The molecule has 18 nitrogen and oxygen atoms in total. The smallest absolute Gasteiger partial charge is 0.404 e. The third-order valence-electron chi connectivity index (χ3n) is 11.5. The van der Waals surface area contributed by atoms with Gasteiger partial charge in [-0.15, -0.1) is 0 Å². The Morgan fingerprint density at radius 3 is 2.01 bits per heavy atom. The highest BCUT2D eigenvalue weighted by atomic mass is 32.2. The molecule has 0 fully saturated rings. The van der Waals surface area contributed by atoms with Gasteiger partial charge in [-0.1, -0.05) is 32.1 Å². The van der Waals surface area contributed by atoms with Crippen molar-refractivity contribution in [1.82, 2.24) is 10.6 Å². The summed E-state index contributed by atoms with van der Waals surface area (Å²) in [5.41, 5.74) is 3.62. The molecule has 67 heavy (non-hydrogen) atoms. The molecule has 0 bridgehead atoms. The Balaban J connectivity index is 1.07. The molecule has 3 aromatic carbocycles. The summed E-state index contributed by atoms with van der Waals surface area (Å²) in [6.45, 7) is 12.2. The highest BCUT2D eigenvalue weighted by molar-refractivity contribution is 7.86. The number of ether oxygens (including phenoxy) is 2. The average molecular weight is 994 g/mol. The number of likely N-dealkylation sites (N-methyl/N-ethyl adjacent to an activating group) is 1. The number of alkyl halides is 1. The number of fused-ring (bicyclic) bond motifs is 2. The zero-order valence-electron chi connectivity index (χ0n) is 38.0. The molecule has 0 radical (unpaired) electrons. The Labute approximate surface area is 390 Å². The van der Waals surface area contributed by atoms with Gasteiger partial charge in [0, 0.05) is 67.0 Å². The molecule has 5 rings (SSSR count). The highest BCUT2D eigenvalue weighted by Gasteiger charge is 2.45. The number of carbonyl (C=O) groups excluding carboxylic acids is 2. The van der Waals surface area contributed by atoms with Crippen LogP contribution in [0.5, 0.6) is 5.75 Å². The van der Waals surface area contributed by atoms with E-state index in [1.807, 2.05) is 52.8 Å². The molecule has 6 N–H and O–H groups in total. The highest BCUT2D eigenvalue weighted by Crippen LogP contribution is 2.48. The molecule has 2 heterocycles. The van der Waals surface area contributed by atoms with Crippen LogP contribution in [0.15, 0.2) is 94.4 Å². The Bertz CT molecular complexity index is 2670. The van der Waals surface area contributed by atoms with E-state index in [-0.39, 0.29) is 66.5 Å². The van der Waals surface area contributed by atoms with E-state index in [0.29, 0.717) is 32.4 Å². The van der Waals surface area contributed by atoms with E-state index in [4.69, 9.17) is 19.3 Å². The van der Waals surface area contributed by atoms with E-state index in [2.05, 4.69) is 24.6 Å². The third-order valence-corrected chi connectivity index (χ3v) is 13.7. The number of hydrogen-bond donors (Lipinski definition) is 6. The van der Waals surface area contributed by atoms with E-state index in [9.17, 15) is 44.5 Å². The van der Waals surface area contributed by atoms with Crippen LogP contribution in [0.2, 0.25) is 0 Å². The number of rotatable bonds is 24. The molecule has 0 saturated carbocycles. The first-order valence-electron chi connectivity index (χ1n) is 21.6. The maximum Gasteiger partial charge on any atom is 0.524 e. The molecule has 1 unspecified atom stereocenters. The molecule has 1 atom stereocenters. The van der Waals surface area contributed by atoms with Crippen LogP contribution < -0.4 is 20.1 Å². The standard InChI is InChI=1S/C45H58FN4O14PS2/c1-6-49-37-20-18-33(66(56,57)58)29-35(37)44(2,3)39(49)11-10-12-40-45(4,5)36-30-34(67(59,60)61)19-21-38(36)50(40)24-9-7-8-13-41(51)47-22-25-62-27-28-63-26-23-48-43(52)42(46)31-14-16-32(17-15-31)64-65(53,54)55/h10-12,14-21,29-30,42H,6-9,13,22-28H2,1-5H3,(H5-,47,48,51,52,53,54,55,56,57,58,59,60,61)/p+1. The summed E-state index contributed by atoms with van der Waals surface area (Å²) in [7, 11) is -13.6. The topological polar surface area (TPSA) is 258 Å². The molecule has 366 valence electrons. The van der Waals surface area contributed by atoms with Crippen molar-refractivity contribution in [2.75, 3.05) is 57.5 Å². The molecule has 22 heteroatoms. The molecule has 2 aliphatic rings. The van der Waals surface area contributed by atoms with Crippen LogP contribution in [0.25, 0.3) is 0 Å². The van der Waals surface area contributed by atoms with Gasteiger partial charge in [-0.05, 0) is 93.3 Å². The van der Waals surface area contributed by atoms with E-state index in [1.54, 1.807) is 12.1 Å². The molecule has 2 amide bonds. The van der Waals surface area contributed by atoms with E-state index in [0.717, 1.165) is 52.5 Å². The minimum atomic E-state index is -4.76. The summed E-state index contributed by atoms with van der Waals surface area (Å²) in [5.74, 6) is -1.21. The second-order valence-electron chi connectivity index (χ2n) is 16.9. The minimum Gasteiger partial charge on any atom is -0.404 e. The first-order chi connectivity index (χ1) is 31.4. The molecule has 0 spiro atoms. The SMILES string of the molecule is CCN1/C(=C/C=C/C2=[N+](CCCCCC(=O)NCCOCCOCCNC(=O)C(F)c3ccc(OP(=O)(O)O)cc3)c3ccc(S(=O)(=O)O)cc3C2(C)C)C(C)(C)c2cc(S(=O)(=O)O)ccc21. The largest absolute Gasteiger partial charge is 0.524 e. The molecule has 0 saturated heterocycles. The summed E-state index contributed by atoms with van der Waals surface area (Å²) in [6, 6.07) is 13.8. The van der Waals surface area contributed by atoms with Gasteiger partial charge in [-0.3, -0.25) is 28.5 Å². The average Bonchev–Trinajstić information content (AvgIpc) is 3.60. The molecule has 0 aliphatic carbocycles. The van der Waals surface area contributed by atoms with Crippen LogP contribution in [-0.2, 0) is 54.7 Å². The van der Waals surface area contributed by atoms with Gasteiger partial charge in [0.2, 0.25) is 17.8 Å². The van der Waals surface area contributed by atoms with Gasteiger partial charge < -0.3 is 29.5 Å². The minimum absolute atomic E-state index is 0.0210. The van der Waals surface area contributed by atoms with Crippen molar-refractivity contribution in [3.05, 3.63) is 101 Å². The summed E-state index contributed by atoms with van der Waals surface area (Å²) in [6.07, 6.45) is 6.21. The van der Waals surface area contributed by atoms with Crippen molar-refractivity contribution in [2.45, 2.75) is 87.1 Å². The normalized spacial score (nSPS) is 16.6. The fourth-order valence-corrected chi connectivity index (χ4v) is 9.58. The fraction of sp³-hybridized carbons (Fsp3) is 0.444. The predicted molar refractivity (Wildman–Crippen MR) is 248 cm³/mol. The van der Waals surface area contributed by atoms with Gasteiger partial charge in [-0.25, -0.2) is 8.96 Å². The fourth-order valence-electron chi connectivity index (χ4n) is 8.17. The number of phosphoric ester groups is 1. The molecule has 3 aromatic rings. The van der Waals surface area contributed by atoms with Crippen molar-refractivity contribution in [1.29, 1.82) is 0 Å². The van der Waals surface area contributed by atoms with Crippen molar-refractivity contribution in [3.8, 4) is 5.75 Å². The molecule has 2 aliphatic heterocycles. The molecule has 0 aromatic heterocycles. The summed E-state index contributed by atoms with van der Waals surface area (Å²) < 4.78 is 111. The number of unbranched alkanes of at least 4 members (excludes halogenated alkanes) is 2. The van der Waals surface area contributed by atoms with Crippen molar-refractivity contribution in [3.63, 3.8) is 0 Å². The summed E-state index contributed by atoms with van der Waals surface area (Å²) >= 11 is 0. The van der Waals surface area contributed by atoms with Gasteiger partial charge in [0.15, 0.2) is 5.71 Å². The van der Waals surface area contributed by atoms with Crippen LogP contribution in [0.4, 0.5) is 15.8 Å². The van der Waals surface area contributed by atoms with Crippen molar-refractivity contribution in [2.24, 2.45) is 0 Å². The quantitative estimate of drug-likeness (QED) is 0.0267. The van der Waals surface area contributed by atoms with Gasteiger partial charge in [0.1, 0.15) is 12.3 Å². The van der Waals surface area contributed by atoms with Crippen LogP contribution in [0, 0.1) is 0 Å². The number of nitrogens with one attached hydrogen (secondary N) is 2. The number of benzene rings is 3. The van der Waals surface area contributed by atoms with E-state index < -0.39 is 51.0 Å². The predicted octanol–water partition coefficient (Wildman–Crippen LogP) is 5.82. The number of hydrogen-bond acceptors (Lipinski definition) is 11.